The summed E-state index contributed by atoms with van der Waals surface area (Å²) in [6, 6.07) is 3.25. The Morgan fingerprint density at radius 3 is 2.95 bits per heavy atom. The van der Waals surface area contributed by atoms with Crippen molar-refractivity contribution >= 4 is 16.9 Å². The SMILES string of the molecule is CC(=O)OC1(C)OCCc2c1[nH]c1c(C)cc(F)c(C#N)c21. The Bertz CT molecular complexity index is 834. The smallest absolute Gasteiger partial charge is 0.305 e. The van der Waals surface area contributed by atoms with Gasteiger partial charge in [-0.15, -0.1) is 0 Å². The van der Waals surface area contributed by atoms with Gasteiger partial charge in [0.1, 0.15) is 11.9 Å². The molecule has 1 atom stereocenters. The van der Waals surface area contributed by atoms with Crippen molar-refractivity contribution in [3.63, 3.8) is 0 Å². The Hall–Kier alpha value is -2.39. The third-order valence-corrected chi connectivity index (χ3v) is 3.96. The van der Waals surface area contributed by atoms with Crippen molar-refractivity contribution in [3.05, 3.63) is 34.3 Å². The van der Waals surface area contributed by atoms with Crippen molar-refractivity contribution in [2.24, 2.45) is 0 Å². The summed E-state index contributed by atoms with van der Waals surface area (Å²) in [4.78, 5) is 14.5. The quantitative estimate of drug-likeness (QED) is 0.822. The van der Waals surface area contributed by atoms with E-state index in [1.54, 1.807) is 13.8 Å². The maximum Gasteiger partial charge on any atom is 0.305 e. The van der Waals surface area contributed by atoms with Crippen LogP contribution in [0.15, 0.2) is 6.07 Å². The number of aromatic nitrogens is 1. The van der Waals surface area contributed by atoms with Crippen molar-refractivity contribution in [1.29, 1.82) is 5.26 Å². The first-order valence-electron chi connectivity index (χ1n) is 6.95. The molecule has 0 saturated heterocycles. The van der Waals surface area contributed by atoms with Crippen LogP contribution < -0.4 is 0 Å². The summed E-state index contributed by atoms with van der Waals surface area (Å²) in [6.07, 6.45) is 0.518. The zero-order valence-corrected chi connectivity index (χ0v) is 12.5. The number of hydrogen-bond acceptors (Lipinski definition) is 4. The fourth-order valence-corrected chi connectivity index (χ4v) is 3.09. The van der Waals surface area contributed by atoms with Crippen LogP contribution in [0.1, 0.15) is 36.2 Å². The molecule has 0 spiro atoms. The van der Waals surface area contributed by atoms with Crippen molar-refractivity contribution in [1.82, 2.24) is 4.98 Å². The van der Waals surface area contributed by atoms with E-state index in [0.717, 1.165) is 5.56 Å². The van der Waals surface area contributed by atoms with Gasteiger partial charge in [0.15, 0.2) is 0 Å². The number of aryl methyl sites for hydroxylation is 1. The highest BCUT2D eigenvalue weighted by Gasteiger charge is 2.40. The molecule has 1 unspecified atom stereocenters. The van der Waals surface area contributed by atoms with E-state index in [4.69, 9.17) is 9.47 Å². The van der Waals surface area contributed by atoms with Crippen LogP contribution in [0.5, 0.6) is 0 Å². The van der Waals surface area contributed by atoms with Crippen LogP contribution >= 0.6 is 0 Å². The van der Waals surface area contributed by atoms with E-state index in [9.17, 15) is 14.4 Å². The monoisotopic (exact) mass is 302 g/mol. The summed E-state index contributed by atoms with van der Waals surface area (Å²) in [5.74, 6) is -2.28. The van der Waals surface area contributed by atoms with E-state index < -0.39 is 17.6 Å². The molecule has 0 saturated carbocycles. The molecular weight excluding hydrogens is 287 g/mol. The first-order valence-corrected chi connectivity index (χ1v) is 6.95. The fraction of sp³-hybridized carbons (Fsp3) is 0.375. The number of nitriles is 1. The van der Waals surface area contributed by atoms with Gasteiger partial charge in [0.2, 0.25) is 0 Å². The van der Waals surface area contributed by atoms with Crippen LogP contribution in [0.25, 0.3) is 10.9 Å². The van der Waals surface area contributed by atoms with E-state index in [2.05, 4.69) is 4.98 Å². The predicted octanol–water partition coefficient (Wildman–Crippen LogP) is 2.80. The highest BCUT2D eigenvalue weighted by atomic mass is 19.1. The van der Waals surface area contributed by atoms with E-state index >= 15 is 0 Å². The number of rotatable bonds is 1. The molecule has 6 heteroatoms. The largest absolute Gasteiger partial charge is 0.427 e. The Labute approximate surface area is 126 Å². The van der Waals surface area contributed by atoms with Gasteiger partial charge in [-0.05, 0) is 30.5 Å². The molecule has 2 aromatic rings. The molecule has 1 N–H and O–H groups in total. The summed E-state index contributed by atoms with van der Waals surface area (Å²) in [6.45, 7) is 5.03. The van der Waals surface area contributed by atoms with E-state index in [1.807, 2.05) is 6.07 Å². The van der Waals surface area contributed by atoms with Crippen molar-refractivity contribution in [3.8, 4) is 6.07 Å². The second-order valence-corrected chi connectivity index (χ2v) is 5.53. The topological polar surface area (TPSA) is 75.1 Å². The Morgan fingerprint density at radius 1 is 1.59 bits per heavy atom. The number of aromatic amines is 1. The number of fused-ring (bicyclic) bond motifs is 3. The fourth-order valence-electron chi connectivity index (χ4n) is 3.09. The van der Waals surface area contributed by atoms with Gasteiger partial charge in [-0.2, -0.15) is 5.26 Å². The van der Waals surface area contributed by atoms with Gasteiger partial charge in [0.05, 0.1) is 23.4 Å². The highest BCUT2D eigenvalue weighted by Crippen LogP contribution is 2.40. The second kappa shape index (κ2) is 4.82. The number of H-pyrrole nitrogens is 1. The summed E-state index contributed by atoms with van der Waals surface area (Å²) in [5, 5.41) is 9.83. The minimum Gasteiger partial charge on any atom is -0.427 e. The predicted molar refractivity (Wildman–Crippen MR) is 76.5 cm³/mol. The van der Waals surface area contributed by atoms with Crippen LogP contribution in [0.2, 0.25) is 0 Å². The lowest BCUT2D eigenvalue weighted by Crippen LogP contribution is -2.36. The number of ether oxygens (including phenoxy) is 2. The molecule has 0 aliphatic carbocycles. The van der Waals surface area contributed by atoms with Crippen LogP contribution in [-0.2, 0) is 26.5 Å². The second-order valence-electron chi connectivity index (χ2n) is 5.53. The van der Waals surface area contributed by atoms with Crippen molar-refractivity contribution in [2.75, 3.05) is 6.61 Å². The Balaban J connectivity index is 2.35. The third kappa shape index (κ3) is 1.97. The van der Waals surface area contributed by atoms with Crippen LogP contribution in [0.4, 0.5) is 4.39 Å². The highest BCUT2D eigenvalue weighted by molar-refractivity contribution is 5.93. The standard InChI is InChI=1S/C16H15FN2O3/c1-8-6-12(17)11(7-18)13-10-4-5-21-16(3,22-9(2)20)15(10)19-14(8)13/h6,19H,4-5H2,1-3H3. The minimum atomic E-state index is -1.26. The van der Waals surface area contributed by atoms with Crippen molar-refractivity contribution < 1.29 is 18.7 Å². The van der Waals surface area contributed by atoms with E-state index in [0.29, 0.717) is 35.2 Å². The number of benzene rings is 1. The molecule has 0 bridgehead atoms. The van der Waals surface area contributed by atoms with Crippen LogP contribution in [0, 0.1) is 24.1 Å². The molecule has 1 aliphatic rings. The normalized spacial score (nSPS) is 20.5. The molecule has 22 heavy (non-hydrogen) atoms. The number of carbonyl (C=O) groups is 1. The zero-order valence-electron chi connectivity index (χ0n) is 12.5. The number of esters is 1. The Morgan fingerprint density at radius 2 is 2.32 bits per heavy atom. The van der Waals surface area contributed by atoms with Gasteiger partial charge >= 0.3 is 5.97 Å². The average molecular weight is 302 g/mol. The van der Waals surface area contributed by atoms with Gasteiger partial charge in [-0.25, -0.2) is 4.39 Å². The molecule has 2 heterocycles. The number of nitrogens with one attached hydrogen (secondary N) is 1. The summed E-state index contributed by atoms with van der Waals surface area (Å²) in [7, 11) is 0. The van der Waals surface area contributed by atoms with Gasteiger partial charge in [-0.3, -0.25) is 4.79 Å². The summed E-state index contributed by atoms with van der Waals surface area (Å²) < 4.78 is 25.0. The number of nitrogens with zero attached hydrogens (tertiary/aromatic N) is 1. The summed E-state index contributed by atoms with van der Waals surface area (Å²) >= 11 is 0. The third-order valence-electron chi connectivity index (χ3n) is 3.96. The zero-order chi connectivity index (χ0) is 16.1. The molecule has 3 rings (SSSR count). The van der Waals surface area contributed by atoms with Gasteiger partial charge in [0, 0.05) is 19.2 Å². The first-order chi connectivity index (χ1) is 10.4. The molecule has 0 radical (unpaired) electrons. The molecule has 1 aromatic carbocycles. The van der Waals surface area contributed by atoms with Gasteiger partial charge in [-0.1, -0.05) is 0 Å². The van der Waals surface area contributed by atoms with Crippen molar-refractivity contribution in [2.45, 2.75) is 33.0 Å². The lowest BCUT2D eigenvalue weighted by molar-refractivity contribution is -0.234. The van der Waals surface area contributed by atoms with Gasteiger partial charge in [0.25, 0.3) is 5.79 Å². The number of halogens is 1. The Kier molecular flexibility index (Phi) is 3.18. The molecule has 5 nitrogen and oxygen atoms in total. The van der Waals surface area contributed by atoms with E-state index in [1.165, 1.54) is 13.0 Å². The maximum absolute atomic E-state index is 14.1. The average Bonchev–Trinajstić information content (AvgIpc) is 2.80. The lowest BCUT2D eigenvalue weighted by atomic mass is 9.97. The molecule has 1 aliphatic heterocycles. The first kappa shape index (κ1) is 14.5. The molecule has 1 aromatic heterocycles. The van der Waals surface area contributed by atoms with Crippen LogP contribution in [0.3, 0.4) is 0 Å². The number of hydrogen-bond donors (Lipinski definition) is 1. The molecule has 0 amide bonds. The lowest BCUT2D eigenvalue weighted by Gasteiger charge is -2.32. The van der Waals surface area contributed by atoms with Crippen LogP contribution in [-0.4, -0.2) is 17.6 Å². The van der Waals surface area contributed by atoms with Gasteiger partial charge < -0.3 is 14.5 Å². The van der Waals surface area contributed by atoms with E-state index in [-0.39, 0.29) is 5.56 Å². The molecule has 114 valence electrons. The molecule has 0 fully saturated rings. The number of carbonyl (C=O) groups excluding carboxylic acids is 1. The molecular formula is C16H15FN2O3. The maximum atomic E-state index is 14.1. The minimum absolute atomic E-state index is 0.00479. The summed E-state index contributed by atoms with van der Waals surface area (Å²) in [5.41, 5.74) is 2.70.